The SMILES string of the molecule is CN(Cc1ccccc1)CC(O)CSCc1ccccc1. The minimum Gasteiger partial charge on any atom is -0.391 e. The highest BCUT2D eigenvalue weighted by molar-refractivity contribution is 7.98. The number of aliphatic hydroxyl groups excluding tert-OH is 1. The molecule has 3 heteroatoms. The van der Waals surface area contributed by atoms with Crippen LogP contribution in [0.4, 0.5) is 0 Å². The van der Waals surface area contributed by atoms with E-state index in [4.69, 9.17) is 0 Å². The van der Waals surface area contributed by atoms with Crippen molar-refractivity contribution in [3.8, 4) is 0 Å². The van der Waals surface area contributed by atoms with Crippen LogP contribution < -0.4 is 0 Å². The zero-order valence-electron chi connectivity index (χ0n) is 12.5. The van der Waals surface area contributed by atoms with E-state index in [-0.39, 0.29) is 6.10 Å². The molecule has 0 saturated carbocycles. The van der Waals surface area contributed by atoms with Gasteiger partial charge >= 0.3 is 0 Å². The highest BCUT2D eigenvalue weighted by atomic mass is 32.2. The normalized spacial score (nSPS) is 12.5. The zero-order chi connectivity index (χ0) is 14.9. The number of benzene rings is 2. The number of hydrogen-bond acceptors (Lipinski definition) is 3. The molecule has 0 aliphatic rings. The van der Waals surface area contributed by atoms with E-state index in [9.17, 15) is 5.11 Å². The van der Waals surface area contributed by atoms with Gasteiger partial charge in [-0.2, -0.15) is 11.8 Å². The van der Waals surface area contributed by atoms with Crippen LogP contribution in [0.2, 0.25) is 0 Å². The van der Waals surface area contributed by atoms with Crippen molar-refractivity contribution in [3.05, 3.63) is 71.8 Å². The van der Waals surface area contributed by atoms with Gasteiger partial charge < -0.3 is 5.11 Å². The predicted molar refractivity (Wildman–Crippen MR) is 91.4 cm³/mol. The van der Waals surface area contributed by atoms with Crippen molar-refractivity contribution < 1.29 is 5.11 Å². The Bertz CT molecular complexity index is 503. The molecule has 0 spiro atoms. The number of thioether (sulfide) groups is 1. The molecule has 1 N–H and O–H groups in total. The lowest BCUT2D eigenvalue weighted by molar-refractivity contribution is 0.142. The third kappa shape index (κ3) is 6.34. The number of likely N-dealkylation sites (N-methyl/N-ethyl adjacent to an activating group) is 1. The van der Waals surface area contributed by atoms with E-state index in [1.54, 1.807) is 11.8 Å². The molecule has 112 valence electrons. The molecule has 2 nitrogen and oxygen atoms in total. The topological polar surface area (TPSA) is 23.5 Å². The first-order valence-corrected chi connectivity index (χ1v) is 8.41. The fraction of sp³-hybridized carbons (Fsp3) is 0.333. The van der Waals surface area contributed by atoms with E-state index in [0.717, 1.165) is 18.1 Å². The molecule has 0 amide bonds. The lowest BCUT2D eigenvalue weighted by Crippen LogP contribution is -2.30. The molecule has 0 bridgehead atoms. The minimum atomic E-state index is -0.285. The second-order valence-corrected chi connectivity index (χ2v) is 6.37. The van der Waals surface area contributed by atoms with Crippen molar-refractivity contribution in [3.63, 3.8) is 0 Å². The molecule has 0 aliphatic heterocycles. The fourth-order valence-electron chi connectivity index (χ4n) is 2.26. The molecular formula is C18H23NOS. The van der Waals surface area contributed by atoms with Gasteiger partial charge in [0.15, 0.2) is 0 Å². The molecule has 2 aromatic rings. The summed E-state index contributed by atoms with van der Waals surface area (Å²) in [5, 5.41) is 10.1. The average molecular weight is 301 g/mol. The van der Waals surface area contributed by atoms with Crippen LogP contribution in [0.3, 0.4) is 0 Å². The Labute approximate surface area is 131 Å². The second-order valence-electron chi connectivity index (χ2n) is 5.34. The van der Waals surface area contributed by atoms with Crippen LogP contribution in [0.1, 0.15) is 11.1 Å². The van der Waals surface area contributed by atoms with Gasteiger partial charge in [-0.1, -0.05) is 60.7 Å². The van der Waals surface area contributed by atoms with Gasteiger partial charge in [0.05, 0.1) is 6.10 Å². The third-order valence-corrected chi connectivity index (χ3v) is 4.40. The molecule has 0 heterocycles. The second kappa shape index (κ2) is 8.88. The minimum absolute atomic E-state index is 0.285. The Balaban J connectivity index is 1.66. The first-order chi connectivity index (χ1) is 10.2. The van der Waals surface area contributed by atoms with E-state index in [2.05, 4.69) is 60.5 Å². The molecule has 0 radical (unpaired) electrons. The standard InChI is InChI=1S/C18H23NOS/c1-19(12-16-8-4-2-5-9-16)13-18(20)15-21-14-17-10-6-3-7-11-17/h2-11,18,20H,12-15H2,1H3. The van der Waals surface area contributed by atoms with Crippen LogP contribution >= 0.6 is 11.8 Å². The molecule has 0 aromatic heterocycles. The molecule has 0 aliphatic carbocycles. The average Bonchev–Trinajstić information content (AvgIpc) is 2.49. The van der Waals surface area contributed by atoms with Crippen LogP contribution in [0.15, 0.2) is 60.7 Å². The summed E-state index contributed by atoms with van der Waals surface area (Å²) < 4.78 is 0. The Kier molecular flexibility index (Phi) is 6.80. The zero-order valence-corrected chi connectivity index (χ0v) is 13.3. The first-order valence-electron chi connectivity index (χ1n) is 7.26. The van der Waals surface area contributed by atoms with Gasteiger partial charge in [-0.3, -0.25) is 4.90 Å². The van der Waals surface area contributed by atoms with Crippen molar-refractivity contribution in [2.24, 2.45) is 0 Å². The molecule has 21 heavy (non-hydrogen) atoms. The maximum Gasteiger partial charge on any atom is 0.0757 e. The maximum atomic E-state index is 10.1. The highest BCUT2D eigenvalue weighted by Gasteiger charge is 2.08. The van der Waals surface area contributed by atoms with Crippen molar-refractivity contribution in [1.29, 1.82) is 0 Å². The summed E-state index contributed by atoms with van der Waals surface area (Å²) in [7, 11) is 2.05. The molecular weight excluding hydrogens is 278 g/mol. The smallest absolute Gasteiger partial charge is 0.0757 e. The molecule has 2 aromatic carbocycles. The fourth-order valence-corrected chi connectivity index (χ4v) is 3.18. The van der Waals surface area contributed by atoms with Crippen molar-refractivity contribution in [2.45, 2.75) is 18.4 Å². The van der Waals surface area contributed by atoms with Crippen molar-refractivity contribution in [1.82, 2.24) is 4.90 Å². The third-order valence-electron chi connectivity index (χ3n) is 3.24. The summed E-state index contributed by atoms with van der Waals surface area (Å²) in [5.41, 5.74) is 2.59. The molecule has 0 fully saturated rings. The van der Waals surface area contributed by atoms with Crippen LogP contribution in [0, 0.1) is 0 Å². The monoisotopic (exact) mass is 301 g/mol. The van der Waals surface area contributed by atoms with E-state index >= 15 is 0 Å². The summed E-state index contributed by atoms with van der Waals surface area (Å²) in [5.74, 6) is 1.73. The van der Waals surface area contributed by atoms with Crippen molar-refractivity contribution >= 4 is 11.8 Å². The van der Waals surface area contributed by atoms with Gasteiger partial charge in [0.25, 0.3) is 0 Å². The van der Waals surface area contributed by atoms with E-state index in [1.165, 1.54) is 11.1 Å². The van der Waals surface area contributed by atoms with E-state index < -0.39 is 0 Å². The maximum absolute atomic E-state index is 10.1. The van der Waals surface area contributed by atoms with Gasteiger partial charge in [0, 0.05) is 24.6 Å². The predicted octanol–water partition coefficient (Wildman–Crippen LogP) is 3.41. The van der Waals surface area contributed by atoms with Crippen LogP contribution in [-0.4, -0.2) is 35.5 Å². The Hall–Kier alpha value is -1.29. The van der Waals surface area contributed by atoms with E-state index in [0.29, 0.717) is 6.54 Å². The van der Waals surface area contributed by atoms with Gasteiger partial charge in [0.1, 0.15) is 0 Å². The molecule has 1 unspecified atom stereocenters. The first kappa shape index (κ1) is 16.1. The number of hydrogen-bond donors (Lipinski definition) is 1. The summed E-state index contributed by atoms with van der Waals surface area (Å²) >= 11 is 1.79. The summed E-state index contributed by atoms with van der Waals surface area (Å²) in [6.07, 6.45) is -0.285. The molecule has 1 atom stereocenters. The number of rotatable bonds is 8. The van der Waals surface area contributed by atoms with Gasteiger partial charge in [0.2, 0.25) is 0 Å². The van der Waals surface area contributed by atoms with Crippen LogP contribution in [0.25, 0.3) is 0 Å². The quantitative estimate of drug-likeness (QED) is 0.808. The number of aliphatic hydroxyl groups is 1. The summed E-state index contributed by atoms with van der Waals surface area (Å²) in [4.78, 5) is 2.17. The van der Waals surface area contributed by atoms with Gasteiger partial charge in [-0.15, -0.1) is 0 Å². The lowest BCUT2D eigenvalue weighted by atomic mass is 10.2. The lowest BCUT2D eigenvalue weighted by Gasteiger charge is -2.20. The summed E-state index contributed by atoms with van der Waals surface area (Å²) in [6, 6.07) is 20.8. The summed E-state index contributed by atoms with van der Waals surface area (Å²) in [6.45, 7) is 1.58. The molecule has 0 saturated heterocycles. The largest absolute Gasteiger partial charge is 0.391 e. The van der Waals surface area contributed by atoms with Gasteiger partial charge in [-0.05, 0) is 18.2 Å². The van der Waals surface area contributed by atoms with E-state index in [1.807, 2.05) is 12.1 Å². The Morgan fingerprint density at radius 3 is 2.14 bits per heavy atom. The number of nitrogens with zero attached hydrogens (tertiary/aromatic N) is 1. The van der Waals surface area contributed by atoms with Crippen LogP contribution in [0.5, 0.6) is 0 Å². The molecule has 2 rings (SSSR count). The van der Waals surface area contributed by atoms with Gasteiger partial charge in [-0.25, -0.2) is 0 Å². The highest BCUT2D eigenvalue weighted by Crippen LogP contribution is 2.13. The Morgan fingerprint density at radius 2 is 1.52 bits per heavy atom. The van der Waals surface area contributed by atoms with Crippen LogP contribution in [-0.2, 0) is 12.3 Å². The Morgan fingerprint density at radius 1 is 0.952 bits per heavy atom. The van der Waals surface area contributed by atoms with Crippen molar-refractivity contribution in [2.75, 3.05) is 19.3 Å².